The first-order valence-corrected chi connectivity index (χ1v) is 12.1. The largest absolute Gasteiger partial charge is 0.454 e. The van der Waals surface area contributed by atoms with Crippen molar-refractivity contribution in [2.45, 2.75) is 43.8 Å². The number of ether oxygens (including phenoxy) is 2. The van der Waals surface area contributed by atoms with Gasteiger partial charge in [-0.25, -0.2) is 13.2 Å². The molecule has 31 heavy (non-hydrogen) atoms. The Bertz CT molecular complexity index is 1080. The number of hydrogen-bond acceptors (Lipinski definition) is 7. The normalized spacial score (nSPS) is 28.7. The maximum atomic E-state index is 13.2. The van der Waals surface area contributed by atoms with Crippen LogP contribution in [0.1, 0.15) is 31.7 Å². The van der Waals surface area contributed by atoms with Gasteiger partial charge in [-0.3, -0.25) is 14.5 Å². The quantitative estimate of drug-likeness (QED) is 0.644. The van der Waals surface area contributed by atoms with E-state index in [1.807, 2.05) is 0 Å². The maximum absolute atomic E-state index is 13.2. The van der Waals surface area contributed by atoms with E-state index in [1.165, 1.54) is 0 Å². The molecule has 1 aromatic rings. The van der Waals surface area contributed by atoms with Crippen LogP contribution in [0.4, 0.5) is 4.79 Å². The van der Waals surface area contributed by atoms with Gasteiger partial charge in [0, 0.05) is 12.1 Å². The third kappa shape index (κ3) is 3.40. The van der Waals surface area contributed by atoms with Crippen LogP contribution in [0.3, 0.4) is 0 Å². The van der Waals surface area contributed by atoms with E-state index in [4.69, 9.17) is 9.47 Å². The zero-order valence-electron chi connectivity index (χ0n) is 17.0. The average molecular weight is 449 g/mol. The molecule has 166 valence electrons. The molecule has 11 heteroatoms. The lowest BCUT2D eigenvalue weighted by Crippen LogP contribution is -2.49. The summed E-state index contributed by atoms with van der Waals surface area (Å²) in [5, 5.41) is 2.68. The van der Waals surface area contributed by atoms with E-state index >= 15 is 0 Å². The number of fused-ring (bicyclic) bond motifs is 1. The molecule has 5 rings (SSSR count). The number of nitrogens with zero attached hydrogens (tertiary/aromatic N) is 2. The van der Waals surface area contributed by atoms with Crippen LogP contribution in [0.25, 0.3) is 0 Å². The molecule has 3 aliphatic heterocycles. The van der Waals surface area contributed by atoms with Crippen LogP contribution in [0.5, 0.6) is 11.5 Å². The fourth-order valence-electron chi connectivity index (χ4n) is 4.51. The molecule has 3 heterocycles. The maximum Gasteiger partial charge on any atom is 0.325 e. The van der Waals surface area contributed by atoms with E-state index in [2.05, 4.69) is 5.32 Å². The minimum atomic E-state index is -3.16. The molecule has 0 aromatic heterocycles. The number of amides is 4. The summed E-state index contributed by atoms with van der Waals surface area (Å²) in [6, 6.07) is 3.92. The summed E-state index contributed by atoms with van der Waals surface area (Å²) >= 11 is 0. The van der Waals surface area contributed by atoms with Crippen molar-refractivity contribution in [3.05, 3.63) is 23.8 Å². The lowest BCUT2D eigenvalue weighted by Gasteiger charge is -2.30. The van der Waals surface area contributed by atoms with Crippen molar-refractivity contribution < 1.29 is 32.3 Å². The number of rotatable bonds is 5. The smallest absolute Gasteiger partial charge is 0.325 e. The Labute approximate surface area is 179 Å². The standard InChI is InChI=1S/C20H23N3O7S/c1-20(12-2-5-15-16(8-12)30-11-29-15)18(25)22(19(26)21-20)9-17(24)23(13-3-4-13)14-6-7-31(27,28)10-14/h2,5,8,13-14H,3-4,6-7,9-11H2,1H3,(H,21,26)/t14-,20-/m1/s1. The van der Waals surface area contributed by atoms with Crippen LogP contribution < -0.4 is 14.8 Å². The first-order valence-electron chi connectivity index (χ1n) is 10.2. The van der Waals surface area contributed by atoms with E-state index in [9.17, 15) is 22.8 Å². The van der Waals surface area contributed by atoms with E-state index in [0.717, 1.165) is 17.7 Å². The monoisotopic (exact) mass is 449 g/mol. The Morgan fingerprint density at radius 1 is 1.19 bits per heavy atom. The second kappa shape index (κ2) is 6.84. The van der Waals surface area contributed by atoms with Gasteiger partial charge in [0.05, 0.1) is 11.5 Å². The summed E-state index contributed by atoms with van der Waals surface area (Å²) < 4.78 is 34.5. The first-order chi connectivity index (χ1) is 14.7. The molecule has 0 unspecified atom stereocenters. The summed E-state index contributed by atoms with van der Waals surface area (Å²) in [5.41, 5.74) is -0.828. The molecular formula is C20H23N3O7S. The van der Waals surface area contributed by atoms with Gasteiger partial charge in [0.25, 0.3) is 5.91 Å². The van der Waals surface area contributed by atoms with Crippen molar-refractivity contribution in [1.82, 2.24) is 15.1 Å². The van der Waals surface area contributed by atoms with Crippen molar-refractivity contribution in [1.29, 1.82) is 0 Å². The Balaban J connectivity index is 1.35. The lowest BCUT2D eigenvalue weighted by atomic mass is 9.91. The fraction of sp³-hybridized carbons (Fsp3) is 0.550. The summed E-state index contributed by atoms with van der Waals surface area (Å²) in [6.45, 7) is 1.25. The van der Waals surface area contributed by atoms with E-state index in [0.29, 0.717) is 23.5 Å². The number of nitrogens with one attached hydrogen (secondary N) is 1. The van der Waals surface area contributed by atoms with E-state index < -0.39 is 45.8 Å². The highest BCUT2D eigenvalue weighted by atomic mass is 32.2. The number of benzene rings is 1. The van der Waals surface area contributed by atoms with Gasteiger partial charge < -0.3 is 19.7 Å². The predicted molar refractivity (Wildman–Crippen MR) is 107 cm³/mol. The highest BCUT2D eigenvalue weighted by Gasteiger charge is 2.51. The van der Waals surface area contributed by atoms with Crippen LogP contribution in [0, 0.1) is 0 Å². The molecule has 1 N–H and O–H groups in total. The molecule has 2 atom stereocenters. The van der Waals surface area contributed by atoms with Gasteiger partial charge in [0.15, 0.2) is 21.3 Å². The van der Waals surface area contributed by atoms with Crippen molar-refractivity contribution in [2.75, 3.05) is 24.8 Å². The molecule has 0 bridgehead atoms. The number of carbonyl (C=O) groups excluding carboxylic acids is 3. The summed E-state index contributed by atoms with van der Waals surface area (Å²) in [5.74, 6) is 0.0898. The highest BCUT2D eigenvalue weighted by Crippen LogP contribution is 2.38. The molecule has 0 spiro atoms. The Kier molecular flexibility index (Phi) is 4.44. The van der Waals surface area contributed by atoms with Crippen molar-refractivity contribution in [3.63, 3.8) is 0 Å². The molecule has 4 aliphatic rings. The average Bonchev–Trinajstić information content (AvgIpc) is 3.24. The van der Waals surface area contributed by atoms with Crippen molar-refractivity contribution in [3.8, 4) is 11.5 Å². The predicted octanol–water partition coefficient (Wildman–Crippen LogP) is 0.360. The lowest BCUT2D eigenvalue weighted by molar-refractivity contribution is -0.140. The molecule has 1 aliphatic carbocycles. The van der Waals surface area contributed by atoms with E-state index in [1.54, 1.807) is 30.0 Å². The minimum Gasteiger partial charge on any atom is -0.454 e. The molecule has 0 radical (unpaired) electrons. The van der Waals surface area contributed by atoms with Crippen LogP contribution in [-0.4, -0.2) is 73.0 Å². The van der Waals surface area contributed by atoms with Crippen LogP contribution in [-0.2, 0) is 25.0 Å². The zero-order chi connectivity index (χ0) is 22.0. The second-order valence-corrected chi connectivity index (χ2v) is 10.8. The Morgan fingerprint density at radius 3 is 2.61 bits per heavy atom. The molecular weight excluding hydrogens is 426 g/mol. The Morgan fingerprint density at radius 2 is 1.94 bits per heavy atom. The van der Waals surface area contributed by atoms with Gasteiger partial charge in [0.2, 0.25) is 12.7 Å². The minimum absolute atomic E-state index is 0.0215. The molecule has 1 aromatic carbocycles. The van der Waals surface area contributed by atoms with Crippen molar-refractivity contribution >= 4 is 27.7 Å². The third-order valence-electron chi connectivity index (χ3n) is 6.35. The van der Waals surface area contributed by atoms with Crippen molar-refractivity contribution in [2.24, 2.45) is 0 Å². The molecule has 2 saturated heterocycles. The molecule has 1 saturated carbocycles. The fourth-order valence-corrected chi connectivity index (χ4v) is 6.22. The number of carbonyl (C=O) groups is 3. The van der Waals surface area contributed by atoms with Gasteiger partial charge in [-0.05, 0) is 43.9 Å². The van der Waals surface area contributed by atoms with Crippen LogP contribution in [0.2, 0.25) is 0 Å². The highest BCUT2D eigenvalue weighted by molar-refractivity contribution is 7.91. The van der Waals surface area contributed by atoms with Crippen LogP contribution >= 0.6 is 0 Å². The van der Waals surface area contributed by atoms with Crippen LogP contribution in [0.15, 0.2) is 18.2 Å². The summed E-state index contributed by atoms with van der Waals surface area (Å²) in [6.07, 6.45) is 1.99. The van der Waals surface area contributed by atoms with E-state index in [-0.39, 0.29) is 24.3 Å². The second-order valence-electron chi connectivity index (χ2n) is 8.60. The number of imide groups is 1. The van der Waals surface area contributed by atoms with Gasteiger partial charge >= 0.3 is 6.03 Å². The topological polar surface area (TPSA) is 122 Å². The molecule has 10 nitrogen and oxygen atoms in total. The van der Waals surface area contributed by atoms with Gasteiger partial charge in [-0.15, -0.1) is 0 Å². The zero-order valence-corrected chi connectivity index (χ0v) is 17.8. The van der Waals surface area contributed by atoms with Gasteiger partial charge in [-0.1, -0.05) is 6.07 Å². The first kappa shape index (κ1) is 20.1. The van der Waals surface area contributed by atoms with Gasteiger partial charge in [0.1, 0.15) is 12.1 Å². The number of sulfone groups is 1. The summed E-state index contributed by atoms with van der Waals surface area (Å²) in [4.78, 5) is 41.4. The number of hydrogen-bond donors (Lipinski definition) is 1. The van der Waals surface area contributed by atoms with Gasteiger partial charge in [-0.2, -0.15) is 0 Å². The molecule has 3 fully saturated rings. The third-order valence-corrected chi connectivity index (χ3v) is 8.10. The summed E-state index contributed by atoms with van der Waals surface area (Å²) in [7, 11) is -3.16. The molecule has 4 amide bonds. The SMILES string of the molecule is C[C@]1(c2ccc3c(c2)OCO3)NC(=O)N(CC(=O)N(C2CC2)[C@@H]2CCS(=O)(=O)C2)C1=O. The number of urea groups is 1. The Hall–Kier alpha value is -2.82.